The summed E-state index contributed by atoms with van der Waals surface area (Å²) in [7, 11) is 0. The highest BCUT2D eigenvalue weighted by molar-refractivity contribution is 5.93. The number of aliphatic hydroxyl groups excluding tert-OH is 3. The molecular formula is C30H46O8. The molecule has 4 aliphatic rings. The summed E-state index contributed by atoms with van der Waals surface area (Å²) in [4.78, 5) is 40.5. The van der Waals surface area contributed by atoms with E-state index in [2.05, 4.69) is 6.08 Å². The molecule has 3 fully saturated rings. The van der Waals surface area contributed by atoms with E-state index in [4.69, 9.17) is 0 Å². The Balaban J connectivity index is 1.77. The SMILES string of the molecule is CC(C)(O)C(O)CC(=O)C(C)(O)C1C(O)CC2(C)C3CC=C4C(CC(=O)C(O)C4(C)C)C3(C)C(=O)CC12C. The summed E-state index contributed by atoms with van der Waals surface area (Å²) in [6.07, 6.45) is -1.12. The molecule has 0 saturated heterocycles. The number of aliphatic hydroxyl groups is 5. The second kappa shape index (κ2) is 8.53. The van der Waals surface area contributed by atoms with Crippen LogP contribution in [0.4, 0.5) is 0 Å². The van der Waals surface area contributed by atoms with E-state index in [1.54, 1.807) is 0 Å². The summed E-state index contributed by atoms with van der Waals surface area (Å²) in [5.41, 5.74) is -5.93. The highest BCUT2D eigenvalue weighted by Crippen LogP contribution is 2.74. The van der Waals surface area contributed by atoms with Gasteiger partial charge in [0.1, 0.15) is 17.5 Å². The van der Waals surface area contributed by atoms with Crippen molar-refractivity contribution in [1.29, 1.82) is 0 Å². The van der Waals surface area contributed by atoms with Crippen molar-refractivity contribution in [3.8, 4) is 0 Å². The quantitative estimate of drug-likeness (QED) is 0.336. The van der Waals surface area contributed by atoms with E-state index in [1.807, 2.05) is 34.6 Å². The summed E-state index contributed by atoms with van der Waals surface area (Å²) >= 11 is 0. The summed E-state index contributed by atoms with van der Waals surface area (Å²) in [6.45, 7) is 13.6. The van der Waals surface area contributed by atoms with Crippen molar-refractivity contribution in [1.82, 2.24) is 0 Å². The van der Waals surface area contributed by atoms with E-state index in [1.165, 1.54) is 20.8 Å². The fourth-order valence-electron chi connectivity index (χ4n) is 9.16. The molecule has 3 saturated carbocycles. The lowest BCUT2D eigenvalue weighted by atomic mass is 9.38. The van der Waals surface area contributed by atoms with Gasteiger partial charge in [0.2, 0.25) is 0 Å². The first-order chi connectivity index (χ1) is 17.1. The predicted molar refractivity (Wildman–Crippen MR) is 140 cm³/mol. The first-order valence-corrected chi connectivity index (χ1v) is 13.9. The van der Waals surface area contributed by atoms with Crippen LogP contribution >= 0.6 is 0 Å². The average molecular weight is 535 g/mol. The molecule has 0 bridgehead atoms. The molecule has 0 spiro atoms. The largest absolute Gasteiger partial charge is 0.393 e. The lowest BCUT2D eigenvalue weighted by molar-refractivity contribution is -0.185. The van der Waals surface area contributed by atoms with E-state index >= 15 is 0 Å². The first-order valence-electron chi connectivity index (χ1n) is 13.9. The van der Waals surface area contributed by atoms with Gasteiger partial charge < -0.3 is 25.5 Å². The summed E-state index contributed by atoms with van der Waals surface area (Å²) < 4.78 is 0. The Morgan fingerprint density at radius 3 is 2.18 bits per heavy atom. The molecule has 5 N–H and O–H groups in total. The number of carbonyl (C=O) groups excluding carboxylic acids is 3. The Morgan fingerprint density at radius 2 is 1.63 bits per heavy atom. The second-order valence-corrected chi connectivity index (χ2v) is 14.7. The van der Waals surface area contributed by atoms with Crippen LogP contribution < -0.4 is 0 Å². The monoisotopic (exact) mass is 534 g/mol. The average Bonchev–Trinajstić information content (AvgIpc) is 2.97. The third-order valence-corrected chi connectivity index (χ3v) is 11.8. The Bertz CT molecular complexity index is 1080. The minimum atomic E-state index is -2.05. The Morgan fingerprint density at radius 1 is 1.05 bits per heavy atom. The molecule has 4 aliphatic carbocycles. The Hall–Kier alpha value is -1.45. The maximum absolute atomic E-state index is 14.2. The molecule has 10 atom stereocenters. The number of rotatable bonds is 5. The van der Waals surface area contributed by atoms with Crippen LogP contribution in [-0.4, -0.2) is 72.4 Å². The van der Waals surface area contributed by atoms with Crippen LogP contribution in [0.3, 0.4) is 0 Å². The molecule has 214 valence electrons. The Labute approximate surface area is 225 Å². The van der Waals surface area contributed by atoms with Crippen molar-refractivity contribution in [2.45, 2.75) is 117 Å². The second-order valence-electron chi connectivity index (χ2n) is 14.7. The van der Waals surface area contributed by atoms with Gasteiger partial charge in [0.05, 0.1) is 17.8 Å². The highest BCUT2D eigenvalue weighted by Gasteiger charge is 2.74. The van der Waals surface area contributed by atoms with Crippen molar-refractivity contribution < 1.29 is 39.9 Å². The molecule has 0 aromatic carbocycles. The van der Waals surface area contributed by atoms with Crippen LogP contribution in [0.1, 0.15) is 87.5 Å². The zero-order chi connectivity index (χ0) is 29.0. The van der Waals surface area contributed by atoms with Gasteiger partial charge in [0.25, 0.3) is 0 Å². The molecule has 0 heterocycles. The summed E-state index contributed by atoms with van der Waals surface area (Å²) in [5, 5.41) is 54.2. The fraction of sp³-hybridized carbons (Fsp3) is 0.833. The zero-order valence-corrected chi connectivity index (χ0v) is 24.0. The third-order valence-electron chi connectivity index (χ3n) is 11.8. The molecule has 8 heteroatoms. The van der Waals surface area contributed by atoms with Gasteiger partial charge in [-0.2, -0.15) is 0 Å². The number of hydrogen-bond donors (Lipinski definition) is 5. The van der Waals surface area contributed by atoms with Gasteiger partial charge in [-0.25, -0.2) is 0 Å². The van der Waals surface area contributed by atoms with Crippen LogP contribution in [0.2, 0.25) is 0 Å². The smallest absolute Gasteiger partial charge is 0.167 e. The van der Waals surface area contributed by atoms with E-state index in [-0.39, 0.29) is 42.7 Å². The molecular weight excluding hydrogens is 488 g/mol. The normalized spacial score (nSPS) is 44.9. The van der Waals surface area contributed by atoms with Gasteiger partial charge in [0, 0.05) is 36.0 Å². The molecule has 0 radical (unpaired) electrons. The van der Waals surface area contributed by atoms with Gasteiger partial charge in [-0.15, -0.1) is 0 Å². The maximum atomic E-state index is 14.2. The van der Waals surface area contributed by atoms with Crippen molar-refractivity contribution in [3.63, 3.8) is 0 Å². The standard InChI is InChI=1S/C30H46O8/c1-25(2)15-9-10-19-27(5)13-18(32)23(30(8,38)21(34)12-20(33)26(3,4)37)28(27,6)14-22(35)29(19,7)16(15)11-17(31)24(25)36/h9,16,18-20,23-24,32-33,36-38H,10-14H2,1-8H3. The lowest BCUT2D eigenvalue weighted by Crippen LogP contribution is -2.65. The lowest BCUT2D eigenvalue weighted by Gasteiger charge is -2.64. The molecule has 0 aromatic heterocycles. The van der Waals surface area contributed by atoms with Crippen LogP contribution in [0.15, 0.2) is 11.6 Å². The maximum Gasteiger partial charge on any atom is 0.167 e. The van der Waals surface area contributed by atoms with E-state index in [0.29, 0.717) is 6.42 Å². The number of carbonyl (C=O) groups is 3. The minimum Gasteiger partial charge on any atom is -0.393 e. The topological polar surface area (TPSA) is 152 Å². The van der Waals surface area contributed by atoms with E-state index in [9.17, 15) is 39.9 Å². The molecule has 38 heavy (non-hydrogen) atoms. The number of fused-ring (bicyclic) bond motifs is 5. The van der Waals surface area contributed by atoms with Gasteiger partial charge >= 0.3 is 0 Å². The number of hydrogen-bond acceptors (Lipinski definition) is 8. The number of allylic oxidation sites excluding steroid dienone is 1. The first kappa shape index (κ1) is 29.5. The summed E-state index contributed by atoms with van der Waals surface area (Å²) in [5.74, 6) is -2.60. The van der Waals surface area contributed by atoms with Gasteiger partial charge in [-0.05, 0) is 56.3 Å². The van der Waals surface area contributed by atoms with Crippen LogP contribution in [-0.2, 0) is 14.4 Å². The third kappa shape index (κ3) is 3.70. The van der Waals surface area contributed by atoms with Crippen LogP contribution in [0.5, 0.6) is 0 Å². The number of ketones is 3. The van der Waals surface area contributed by atoms with E-state index in [0.717, 1.165) is 5.57 Å². The molecule has 0 amide bonds. The minimum absolute atomic E-state index is 0.0245. The molecule has 0 aliphatic heterocycles. The molecule has 8 nitrogen and oxygen atoms in total. The highest BCUT2D eigenvalue weighted by atomic mass is 16.3. The van der Waals surface area contributed by atoms with Crippen molar-refractivity contribution >= 4 is 17.3 Å². The van der Waals surface area contributed by atoms with Crippen molar-refractivity contribution in [3.05, 3.63) is 11.6 Å². The molecule has 4 rings (SSSR count). The molecule has 10 unspecified atom stereocenters. The number of Topliss-reactive ketones (excluding diaryl/α,β-unsaturated/α-hetero) is 3. The van der Waals surface area contributed by atoms with Crippen molar-refractivity contribution in [2.75, 3.05) is 0 Å². The van der Waals surface area contributed by atoms with Gasteiger partial charge in [0.15, 0.2) is 11.6 Å². The fourth-order valence-corrected chi connectivity index (χ4v) is 9.16. The van der Waals surface area contributed by atoms with Gasteiger partial charge in [-0.1, -0.05) is 46.3 Å². The zero-order valence-electron chi connectivity index (χ0n) is 24.0. The van der Waals surface area contributed by atoms with Crippen molar-refractivity contribution in [2.24, 2.45) is 39.4 Å². The van der Waals surface area contributed by atoms with E-state index < -0.39 is 69.3 Å². The Kier molecular flexibility index (Phi) is 6.63. The predicted octanol–water partition coefficient (Wildman–Crippen LogP) is 2.12. The summed E-state index contributed by atoms with van der Waals surface area (Å²) in [6, 6.07) is 0. The van der Waals surface area contributed by atoms with Crippen LogP contribution in [0.25, 0.3) is 0 Å². The molecule has 0 aromatic rings. The van der Waals surface area contributed by atoms with Gasteiger partial charge in [-0.3, -0.25) is 14.4 Å². The van der Waals surface area contributed by atoms with Crippen LogP contribution in [0, 0.1) is 39.4 Å².